The molecule has 0 saturated heterocycles. The number of aromatic nitrogens is 1. The second-order valence-electron chi connectivity index (χ2n) is 12.3. The molecule has 7 heteroatoms. The Morgan fingerprint density at radius 2 is 1.85 bits per heavy atom. The first-order chi connectivity index (χ1) is 19.2. The van der Waals surface area contributed by atoms with Crippen molar-refractivity contribution in [3.63, 3.8) is 0 Å². The standard InChI is InChI=1S/C33H36ClNO4S/c1-32-16-15-26-23(25(32)13-14-27(32)31(37)40-29-6-4-5-17-35-29)12-7-20-18-24(30(36)38-3)28(19-33(20,26)2)39-22-10-8-21(34)9-11-22/h4-11,17-18,23,25-28H,12-16,19H2,1-3H3/t23-,25-,26-,27+,28+,32-,33-/m0/s1. The van der Waals surface area contributed by atoms with E-state index >= 15 is 0 Å². The van der Waals surface area contributed by atoms with E-state index in [0.717, 1.165) is 37.1 Å². The van der Waals surface area contributed by atoms with Crippen molar-refractivity contribution in [2.75, 3.05) is 7.11 Å². The molecule has 40 heavy (non-hydrogen) atoms. The lowest BCUT2D eigenvalue weighted by molar-refractivity contribution is -0.137. The Hall–Kier alpha value is -2.57. The number of rotatable bonds is 5. The summed E-state index contributed by atoms with van der Waals surface area (Å²) in [5.74, 6) is 1.88. The highest BCUT2D eigenvalue weighted by atomic mass is 35.5. The van der Waals surface area contributed by atoms with Gasteiger partial charge in [-0.1, -0.05) is 37.6 Å². The maximum atomic E-state index is 13.5. The van der Waals surface area contributed by atoms with Gasteiger partial charge in [0.25, 0.3) is 0 Å². The summed E-state index contributed by atoms with van der Waals surface area (Å²) in [5.41, 5.74) is 1.68. The Bertz CT molecular complexity index is 1360. The van der Waals surface area contributed by atoms with Crippen molar-refractivity contribution < 1.29 is 19.1 Å². The minimum atomic E-state index is -0.407. The number of esters is 1. The lowest BCUT2D eigenvalue weighted by atomic mass is 9.47. The van der Waals surface area contributed by atoms with Crippen molar-refractivity contribution >= 4 is 34.4 Å². The van der Waals surface area contributed by atoms with Gasteiger partial charge in [0.15, 0.2) is 5.12 Å². The number of benzene rings is 1. The maximum absolute atomic E-state index is 13.5. The molecular weight excluding hydrogens is 542 g/mol. The van der Waals surface area contributed by atoms with E-state index in [1.807, 2.05) is 36.4 Å². The van der Waals surface area contributed by atoms with E-state index in [-0.39, 0.29) is 27.8 Å². The van der Waals surface area contributed by atoms with Crippen molar-refractivity contribution in [1.29, 1.82) is 0 Å². The van der Waals surface area contributed by atoms with Crippen LogP contribution in [0.2, 0.25) is 5.02 Å². The predicted octanol–water partition coefficient (Wildman–Crippen LogP) is 7.70. The summed E-state index contributed by atoms with van der Waals surface area (Å²) in [6.45, 7) is 4.72. The molecule has 0 amide bonds. The second kappa shape index (κ2) is 10.7. The minimum absolute atomic E-state index is 0.00260. The van der Waals surface area contributed by atoms with Crippen molar-refractivity contribution in [2.24, 2.45) is 34.5 Å². The van der Waals surface area contributed by atoms with Crippen LogP contribution in [-0.4, -0.2) is 29.3 Å². The molecule has 210 valence electrons. The lowest BCUT2D eigenvalue weighted by Gasteiger charge is -2.57. The molecule has 0 radical (unpaired) electrons. The number of pyridine rings is 1. The first kappa shape index (κ1) is 27.6. The fraction of sp³-hybridized carbons (Fsp3) is 0.485. The molecule has 1 heterocycles. The van der Waals surface area contributed by atoms with Crippen LogP contribution >= 0.6 is 23.4 Å². The highest BCUT2D eigenvalue weighted by Crippen LogP contribution is 2.66. The smallest absolute Gasteiger partial charge is 0.337 e. The van der Waals surface area contributed by atoms with E-state index in [1.165, 1.54) is 24.4 Å². The predicted molar refractivity (Wildman–Crippen MR) is 157 cm³/mol. The molecular formula is C33H36ClNO4S. The molecule has 0 spiro atoms. The van der Waals surface area contributed by atoms with Crippen LogP contribution in [0.15, 0.2) is 77.0 Å². The van der Waals surface area contributed by atoms with Crippen molar-refractivity contribution in [2.45, 2.75) is 63.5 Å². The van der Waals surface area contributed by atoms with Crippen LogP contribution < -0.4 is 4.74 Å². The topological polar surface area (TPSA) is 65.5 Å². The quantitative estimate of drug-likeness (QED) is 0.268. The number of carbonyl (C=O) groups is 2. The van der Waals surface area contributed by atoms with Gasteiger partial charge in [-0.05, 0) is 127 Å². The summed E-state index contributed by atoms with van der Waals surface area (Å²) >= 11 is 7.41. The molecule has 1 aromatic heterocycles. The molecule has 5 nitrogen and oxygen atoms in total. The zero-order chi connectivity index (χ0) is 28.1. The summed E-state index contributed by atoms with van der Waals surface area (Å²) < 4.78 is 11.6. The van der Waals surface area contributed by atoms with E-state index in [2.05, 4.69) is 24.9 Å². The van der Waals surface area contributed by atoms with Gasteiger partial charge < -0.3 is 9.47 Å². The van der Waals surface area contributed by atoms with Gasteiger partial charge in [0.2, 0.25) is 0 Å². The van der Waals surface area contributed by atoms with Gasteiger partial charge >= 0.3 is 5.97 Å². The normalized spacial score (nSPS) is 34.5. The molecule has 4 aliphatic rings. The summed E-state index contributed by atoms with van der Waals surface area (Å²) in [6.07, 6.45) is 11.6. The van der Waals surface area contributed by atoms with Gasteiger partial charge in [-0.15, -0.1) is 0 Å². The molecule has 0 N–H and O–H groups in total. The number of methoxy groups -OCH3 is 1. The molecule has 2 saturated carbocycles. The van der Waals surface area contributed by atoms with Crippen LogP contribution in [-0.2, 0) is 14.3 Å². The number of thioether (sulfide) groups is 1. The van der Waals surface area contributed by atoms with E-state index in [1.54, 1.807) is 18.3 Å². The van der Waals surface area contributed by atoms with E-state index in [4.69, 9.17) is 21.1 Å². The molecule has 7 atom stereocenters. The van der Waals surface area contributed by atoms with Crippen LogP contribution in [0.3, 0.4) is 0 Å². The number of hydrogen-bond acceptors (Lipinski definition) is 6. The zero-order valence-corrected chi connectivity index (χ0v) is 24.8. The van der Waals surface area contributed by atoms with E-state index < -0.39 is 6.10 Å². The first-order valence-electron chi connectivity index (χ1n) is 14.3. The summed E-state index contributed by atoms with van der Waals surface area (Å²) in [6, 6.07) is 13.0. The van der Waals surface area contributed by atoms with E-state index in [0.29, 0.717) is 40.5 Å². The third-order valence-electron chi connectivity index (χ3n) is 10.4. The maximum Gasteiger partial charge on any atom is 0.337 e. The number of ether oxygens (including phenoxy) is 2. The highest BCUT2D eigenvalue weighted by Gasteiger charge is 2.60. The van der Waals surface area contributed by atoms with Crippen molar-refractivity contribution in [3.05, 3.63) is 77.0 Å². The number of fused-ring (bicyclic) bond motifs is 5. The van der Waals surface area contributed by atoms with Crippen LogP contribution in [0, 0.1) is 34.5 Å². The SMILES string of the molecule is COC(=O)C1=CC2=CC[C@H]3[C@@H]4CC[C@H](C(=O)Sc5ccccn5)[C@@]4(C)CC[C@@H]3[C@@]2(C)C[C@H]1Oc1ccc(Cl)cc1. The molecule has 6 rings (SSSR count). The average Bonchev–Trinajstić information content (AvgIpc) is 3.31. The fourth-order valence-corrected chi connectivity index (χ4v) is 9.55. The minimum Gasteiger partial charge on any atom is -0.485 e. The third kappa shape index (κ3) is 4.71. The third-order valence-corrected chi connectivity index (χ3v) is 11.6. The number of halogens is 1. The monoisotopic (exact) mass is 577 g/mol. The highest BCUT2D eigenvalue weighted by molar-refractivity contribution is 8.13. The molecule has 2 fully saturated rings. The molecule has 2 aromatic rings. The second-order valence-corrected chi connectivity index (χ2v) is 13.8. The fourth-order valence-electron chi connectivity index (χ4n) is 8.43. The van der Waals surface area contributed by atoms with Gasteiger partial charge in [0, 0.05) is 17.1 Å². The summed E-state index contributed by atoms with van der Waals surface area (Å²) in [4.78, 5) is 30.8. The number of hydrogen-bond donors (Lipinski definition) is 0. The van der Waals surface area contributed by atoms with Crippen LogP contribution in [0.25, 0.3) is 0 Å². The van der Waals surface area contributed by atoms with Gasteiger partial charge in [-0.25, -0.2) is 9.78 Å². The first-order valence-corrected chi connectivity index (χ1v) is 15.5. The number of allylic oxidation sites excluding steroid dienone is 3. The lowest BCUT2D eigenvalue weighted by Crippen LogP contribution is -2.51. The Labute approximate surface area is 245 Å². The van der Waals surface area contributed by atoms with Gasteiger partial charge in [-0.3, -0.25) is 4.79 Å². The van der Waals surface area contributed by atoms with Crippen LogP contribution in [0.1, 0.15) is 52.4 Å². The van der Waals surface area contributed by atoms with E-state index in [9.17, 15) is 9.59 Å². The van der Waals surface area contributed by atoms with Crippen LogP contribution in [0.4, 0.5) is 0 Å². The number of carbonyl (C=O) groups excluding carboxylic acids is 2. The number of nitrogens with zero attached hydrogens (tertiary/aromatic N) is 1. The Morgan fingerprint density at radius 3 is 2.58 bits per heavy atom. The summed E-state index contributed by atoms with van der Waals surface area (Å²) in [7, 11) is 1.42. The summed E-state index contributed by atoms with van der Waals surface area (Å²) in [5, 5.41) is 1.69. The Kier molecular flexibility index (Phi) is 7.37. The van der Waals surface area contributed by atoms with Crippen molar-refractivity contribution in [3.8, 4) is 5.75 Å². The van der Waals surface area contributed by atoms with Gasteiger partial charge in [-0.2, -0.15) is 0 Å². The molecule has 0 aliphatic heterocycles. The molecule has 0 unspecified atom stereocenters. The van der Waals surface area contributed by atoms with Crippen LogP contribution in [0.5, 0.6) is 5.75 Å². The Morgan fingerprint density at radius 1 is 1.05 bits per heavy atom. The van der Waals surface area contributed by atoms with Crippen molar-refractivity contribution in [1.82, 2.24) is 4.98 Å². The molecule has 0 bridgehead atoms. The average molecular weight is 578 g/mol. The zero-order valence-electron chi connectivity index (χ0n) is 23.3. The largest absolute Gasteiger partial charge is 0.485 e. The Balaban J connectivity index is 1.27. The molecule has 1 aromatic carbocycles. The molecule has 4 aliphatic carbocycles. The van der Waals surface area contributed by atoms with Gasteiger partial charge in [0.05, 0.1) is 12.7 Å². The van der Waals surface area contributed by atoms with Gasteiger partial charge in [0.1, 0.15) is 16.9 Å².